The lowest BCUT2D eigenvalue weighted by molar-refractivity contribution is -0.130. The first-order valence-corrected chi connectivity index (χ1v) is 5.78. The smallest absolute Gasteiger partial charge is 0.248 e. The summed E-state index contributed by atoms with van der Waals surface area (Å²) in [6, 6.07) is 0. The summed E-state index contributed by atoms with van der Waals surface area (Å²) in [6.07, 6.45) is 4.88. The van der Waals surface area contributed by atoms with Crippen molar-refractivity contribution in [2.24, 2.45) is 5.10 Å². The second kappa shape index (κ2) is 4.75. The number of ether oxygens (including phenoxy) is 1. The molecule has 1 fully saturated rings. The molecule has 15 heavy (non-hydrogen) atoms. The van der Waals surface area contributed by atoms with Gasteiger partial charge >= 0.3 is 0 Å². The second-order valence-electron chi connectivity index (χ2n) is 4.20. The molecule has 84 valence electrons. The highest BCUT2D eigenvalue weighted by atomic mass is 16.5. The van der Waals surface area contributed by atoms with Gasteiger partial charge in [0.2, 0.25) is 5.91 Å². The number of carbonyl (C=O) groups excluding carboxylic acids is 1. The molecule has 0 bridgehead atoms. The van der Waals surface area contributed by atoms with Crippen LogP contribution in [0.25, 0.3) is 0 Å². The van der Waals surface area contributed by atoms with Gasteiger partial charge in [0.25, 0.3) is 0 Å². The molecule has 1 amide bonds. The zero-order valence-corrected chi connectivity index (χ0v) is 9.24. The molecular weight excluding hydrogens is 192 g/mol. The average Bonchev–Trinajstić information content (AvgIpc) is 2.79. The molecule has 4 nitrogen and oxygen atoms in total. The van der Waals surface area contributed by atoms with Crippen LogP contribution in [-0.2, 0) is 9.53 Å². The fourth-order valence-electron chi connectivity index (χ4n) is 2.08. The molecule has 2 heterocycles. The number of hydrogen-bond acceptors (Lipinski definition) is 3. The predicted octanol–water partition coefficient (Wildman–Crippen LogP) is 1.55. The van der Waals surface area contributed by atoms with E-state index in [0.29, 0.717) is 13.0 Å². The molecule has 1 atom stereocenters. The van der Waals surface area contributed by atoms with E-state index >= 15 is 0 Å². The van der Waals surface area contributed by atoms with Crippen LogP contribution in [0.1, 0.15) is 39.0 Å². The van der Waals surface area contributed by atoms with Crippen LogP contribution in [0.15, 0.2) is 5.10 Å². The maximum atomic E-state index is 11.6. The van der Waals surface area contributed by atoms with E-state index < -0.39 is 0 Å². The molecule has 0 aromatic heterocycles. The quantitative estimate of drug-likeness (QED) is 0.706. The molecule has 0 aliphatic carbocycles. The van der Waals surface area contributed by atoms with E-state index in [9.17, 15) is 4.79 Å². The second-order valence-corrected chi connectivity index (χ2v) is 4.20. The molecule has 0 saturated carbocycles. The Hall–Kier alpha value is -0.900. The van der Waals surface area contributed by atoms with Crippen LogP contribution >= 0.6 is 0 Å². The van der Waals surface area contributed by atoms with Crippen molar-refractivity contribution in [3.63, 3.8) is 0 Å². The highest BCUT2D eigenvalue weighted by Crippen LogP contribution is 2.17. The summed E-state index contributed by atoms with van der Waals surface area (Å²) >= 11 is 0. The van der Waals surface area contributed by atoms with Gasteiger partial charge in [-0.3, -0.25) is 4.79 Å². The minimum atomic E-state index is 0.133. The maximum Gasteiger partial charge on any atom is 0.248 e. The van der Waals surface area contributed by atoms with Crippen LogP contribution in [0.2, 0.25) is 0 Å². The summed E-state index contributed by atoms with van der Waals surface area (Å²) in [7, 11) is 0. The molecule has 2 rings (SSSR count). The van der Waals surface area contributed by atoms with Crippen LogP contribution in [0, 0.1) is 0 Å². The van der Waals surface area contributed by atoms with E-state index in [1.807, 2.05) is 0 Å². The van der Waals surface area contributed by atoms with Gasteiger partial charge in [-0.1, -0.05) is 13.3 Å². The van der Waals surface area contributed by atoms with Crippen molar-refractivity contribution in [3.05, 3.63) is 0 Å². The first-order valence-electron chi connectivity index (χ1n) is 5.78. The summed E-state index contributed by atoms with van der Waals surface area (Å²) in [6.45, 7) is 3.58. The topological polar surface area (TPSA) is 41.9 Å². The summed E-state index contributed by atoms with van der Waals surface area (Å²) in [5.41, 5.74) is 1.03. The standard InChI is InChI=1S/C11H18N2O2/c1-2-4-9-7-11(14)13(12-9)8-10-5-3-6-15-10/h10H,2-8H2,1H3. The Balaban J connectivity index is 1.88. The number of hydrogen-bond donors (Lipinski definition) is 0. The van der Waals surface area contributed by atoms with Gasteiger partial charge in [0.1, 0.15) is 0 Å². The Bertz CT molecular complexity index is 270. The highest BCUT2D eigenvalue weighted by Gasteiger charge is 2.27. The van der Waals surface area contributed by atoms with Crippen molar-refractivity contribution in [2.45, 2.75) is 45.1 Å². The molecule has 0 aromatic rings. The summed E-state index contributed by atoms with van der Waals surface area (Å²) in [5.74, 6) is 0.133. The lowest BCUT2D eigenvalue weighted by atomic mass is 10.2. The van der Waals surface area contributed by atoms with Gasteiger partial charge in [0.15, 0.2) is 0 Å². The molecule has 1 saturated heterocycles. The van der Waals surface area contributed by atoms with Crippen LogP contribution < -0.4 is 0 Å². The van der Waals surface area contributed by atoms with Crippen molar-refractivity contribution in [3.8, 4) is 0 Å². The van der Waals surface area contributed by atoms with Crippen LogP contribution in [0.3, 0.4) is 0 Å². The predicted molar refractivity (Wildman–Crippen MR) is 57.6 cm³/mol. The number of amides is 1. The number of hydrazone groups is 1. The molecular formula is C11H18N2O2. The van der Waals surface area contributed by atoms with E-state index in [1.54, 1.807) is 5.01 Å². The van der Waals surface area contributed by atoms with Crippen molar-refractivity contribution in [1.29, 1.82) is 0 Å². The molecule has 0 radical (unpaired) electrons. The Labute approximate surface area is 90.3 Å². The Kier molecular flexibility index (Phi) is 3.36. The van der Waals surface area contributed by atoms with Gasteiger partial charge in [-0.2, -0.15) is 5.10 Å². The van der Waals surface area contributed by atoms with Crippen LogP contribution in [0.4, 0.5) is 0 Å². The molecule has 0 spiro atoms. The largest absolute Gasteiger partial charge is 0.376 e. The molecule has 2 aliphatic rings. The average molecular weight is 210 g/mol. The number of carbonyl (C=O) groups is 1. The van der Waals surface area contributed by atoms with Crippen molar-refractivity contribution in [2.75, 3.05) is 13.2 Å². The monoisotopic (exact) mass is 210 g/mol. The SMILES string of the molecule is CCCC1=NN(CC2CCCO2)C(=O)C1. The first kappa shape index (κ1) is 10.6. The Morgan fingerprint density at radius 2 is 2.47 bits per heavy atom. The summed E-state index contributed by atoms with van der Waals surface area (Å²) < 4.78 is 5.50. The van der Waals surface area contributed by atoms with Crippen molar-refractivity contribution >= 4 is 11.6 Å². The third-order valence-electron chi connectivity index (χ3n) is 2.84. The van der Waals surface area contributed by atoms with E-state index in [1.165, 1.54) is 0 Å². The highest BCUT2D eigenvalue weighted by molar-refractivity contribution is 6.04. The third-order valence-corrected chi connectivity index (χ3v) is 2.84. The van der Waals surface area contributed by atoms with Crippen molar-refractivity contribution < 1.29 is 9.53 Å². The van der Waals surface area contributed by atoms with Crippen LogP contribution in [0.5, 0.6) is 0 Å². The van der Waals surface area contributed by atoms with Crippen LogP contribution in [-0.4, -0.2) is 35.9 Å². The van der Waals surface area contributed by atoms with Gasteiger partial charge in [0.05, 0.1) is 19.1 Å². The van der Waals surface area contributed by atoms with E-state index in [-0.39, 0.29) is 12.0 Å². The fourth-order valence-corrected chi connectivity index (χ4v) is 2.08. The fraction of sp³-hybridized carbons (Fsp3) is 0.818. The molecule has 0 N–H and O–H groups in total. The van der Waals surface area contributed by atoms with Gasteiger partial charge in [-0.05, 0) is 19.3 Å². The lowest BCUT2D eigenvalue weighted by Gasteiger charge is -2.16. The molecule has 4 heteroatoms. The van der Waals surface area contributed by atoms with Gasteiger partial charge in [-0.15, -0.1) is 0 Å². The van der Waals surface area contributed by atoms with E-state index in [4.69, 9.17) is 4.74 Å². The Morgan fingerprint density at radius 1 is 1.60 bits per heavy atom. The lowest BCUT2D eigenvalue weighted by Crippen LogP contribution is -2.30. The van der Waals surface area contributed by atoms with Gasteiger partial charge in [0, 0.05) is 12.3 Å². The molecule has 1 unspecified atom stereocenters. The van der Waals surface area contributed by atoms with Crippen molar-refractivity contribution in [1.82, 2.24) is 5.01 Å². The molecule has 0 aromatic carbocycles. The minimum absolute atomic E-state index is 0.133. The summed E-state index contributed by atoms with van der Waals surface area (Å²) in [5, 5.41) is 5.94. The Morgan fingerprint density at radius 3 is 3.13 bits per heavy atom. The zero-order valence-electron chi connectivity index (χ0n) is 9.24. The van der Waals surface area contributed by atoms with Gasteiger partial charge in [-0.25, -0.2) is 5.01 Å². The molecule has 2 aliphatic heterocycles. The summed E-state index contributed by atoms with van der Waals surface area (Å²) in [4.78, 5) is 11.6. The number of rotatable bonds is 4. The zero-order chi connectivity index (χ0) is 10.7. The minimum Gasteiger partial charge on any atom is -0.376 e. The van der Waals surface area contributed by atoms with E-state index in [0.717, 1.165) is 38.0 Å². The first-order chi connectivity index (χ1) is 7.29. The van der Waals surface area contributed by atoms with Gasteiger partial charge < -0.3 is 4.74 Å². The third kappa shape index (κ3) is 2.56. The number of nitrogens with zero attached hydrogens (tertiary/aromatic N) is 2. The normalized spacial score (nSPS) is 26.2. The maximum absolute atomic E-state index is 11.6. The van der Waals surface area contributed by atoms with E-state index in [2.05, 4.69) is 12.0 Å².